The van der Waals surface area contributed by atoms with E-state index < -0.39 is 17.8 Å². The largest absolute Gasteiger partial charge is 0.497 e. The Balaban J connectivity index is 1.84. The lowest BCUT2D eigenvalue weighted by atomic mass is 10.0. The van der Waals surface area contributed by atoms with Gasteiger partial charge in [-0.2, -0.15) is 4.37 Å². The van der Waals surface area contributed by atoms with E-state index in [9.17, 15) is 14.0 Å². The summed E-state index contributed by atoms with van der Waals surface area (Å²) in [6, 6.07) is 11.2. The topological polar surface area (TPSA) is 71.5 Å². The van der Waals surface area contributed by atoms with Crippen LogP contribution in [0, 0.1) is 5.82 Å². The molecule has 0 unspecified atom stereocenters. The quantitative estimate of drug-likeness (QED) is 0.411. The number of halogens is 3. The summed E-state index contributed by atoms with van der Waals surface area (Å²) in [5.74, 6) is -1.01. The number of carbonyl (C=O) groups excluding carboxylic acids is 2. The average molecular weight is 522 g/mol. The number of ether oxygens (including phenoxy) is 1. The maximum absolute atomic E-state index is 14.3. The summed E-state index contributed by atoms with van der Waals surface area (Å²) in [4.78, 5) is 28.7. The van der Waals surface area contributed by atoms with E-state index in [0.717, 1.165) is 37.2 Å². The Hall–Kier alpha value is -2.68. The van der Waals surface area contributed by atoms with Crippen LogP contribution in [0.15, 0.2) is 48.5 Å². The van der Waals surface area contributed by atoms with E-state index >= 15 is 0 Å². The van der Waals surface area contributed by atoms with Crippen LogP contribution in [-0.2, 0) is 4.79 Å². The van der Waals surface area contributed by atoms with E-state index in [1.54, 1.807) is 30.3 Å². The maximum Gasteiger partial charge on any atom is 0.280 e. The van der Waals surface area contributed by atoms with E-state index in [-0.39, 0.29) is 32.7 Å². The van der Waals surface area contributed by atoms with Crippen LogP contribution in [0.1, 0.15) is 47.8 Å². The Morgan fingerprint density at radius 1 is 1.18 bits per heavy atom. The summed E-state index contributed by atoms with van der Waals surface area (Å²) in [6.45, 7) is 0. The Kier molecular flexibility index (Phi) is 7.70. The molecule has 0 aliphatic heterocycles. The second-order valence-electron chi connectivity index (χ2n) is 7.94. The number of anilines is 1. The van der Waals surface area contributed by atoms with Crippen molar-refractivity contribution in [3.05, 3.63) is 75.0 Å². The van der Waals surface area contributed by atoms with E-state index in [0.29, 0.717) is 11.3 Å². The molecule has 10 heteroatoms. The van der Waals surface area contributed by atoms with Crippen LogP contribution < -0.4 is 15.0 Å². The maximum atomic E-state index is 14.3. The van der Waals surface area contributed by atoms with Crippen molar-refractivity contribution in [2.24, 2.45) is 0 Å². The number of methoxy groups -OCH3 is 1. The molecule has 3 aromatic rings. The minimum atomic E-state index is -1.11. The van der Waals surface area contributed by atoms with Gasteiger partial charge in [0, 0.05) is 11.7 Å². The fraction of sp³-hybridized carbons (Fsp3) is 0.292. The van der Waals surface area contributed by atoms with Gasteiger partial charge in [-0.15, -0.1) is 0 Å². The van der Waals surface area contributed by atoms with E-state index in [1.807, 2.05) is 0 Å². The molecule has 6 nitrogen and oxygen atoms in total. The fourth-order valence-electron chi connectivity index (χ4n) is 4.07. The molecule has 2 aromatic carbocycles. The third kappa shape index (κ3) is 5.19. The zero-order valence-corrected chi connectivity index (χ0v) is 20.6. The Bertz CT molecular complexity index is 1180. The first-order valence-corrected chi connectivity index (χ1v) is 12.3. The molecule has 178 valence electrons. The van der Waals surface area contributed by atoms with Gasteiger partial charge in [-0.1, -0.05) is 54.2 Å². The zero-order chi connectivity index (χ0) is 24.2. The molecular weight excluding hydrogens is 500 g/mol. The standard InChI is InChI=1S/C24H22Cl2FN3O3S/c1-33-18-11-9-14(10-12-18)21(23(31)28-16-6-2-3-7-16)30(17-8-4-5-15(27)13-17)24(32)20-19(25)22(26)34-29-20/h4-5,8-13,16,21H,2-3,6-7H2,1H3,(H,28,31)/t21-/m1/s1. The van der Waals surface area contributed by atoms with Gasteiger partial charge in [0.2, 0.25) is 5.91 Å². The molecule has 34 heavy (non-hydrogen) atoms. The number of hydrogen-bond donors (Lipinski definition) is 1. The van der Waals surface area contributed by atoms with Gasteiger partial charge in [-0.3, -0.25) is 14.5 Å². The Morgan fingerprint density at radius 3 is 2.47 bits per heavy atom. The number of nitrogens with zero attached hydrogens (tertiary/aromatic N) is 2. The van der Waals surface area contributed by atoms with Gasteiger partial charge < -0.3 is 10.1 Å². The Labute approximate surface area is 210 Å². The summed E-state index contributed by atoms with van der Waals surface area (Å²) in [6.07, 6.45) is 3.78. The number of amides is 2. The predicted octanol–water partition coefficient (Wildman–Crippen LogP) is 6.04. The number of carbonyl (C=O) groups is 2. The molecule has 1 N–H and O–H groups in total. The summed E-state index contributed by atoms with van der Waals surface area (Å²) in [5.41, 5.74) is 0.604. The molecule has 1 heterocycles. The molecule has 0 saturated heterocycles. The van der Waals surface area contributed by atoms with Crippen LogP contribution in [0.3, 0.4) is 0 Å². The fourth-order valence-corrected chi connectivity index (χ4v) is 5.06. The van der Waals surface area contributed by atoms with Crippen molar-refractivity contribution in [2.45, 2.75) is 37.8 Å². The van der Waals surface area contributed by atoms with Gasteiger partial charge in [-0.05, 0) is 60.3 Å². The predicted molar refractivity (Wildman–Crippen MR) is 131 cm³/mol. The SMILES string of the molecule is COc1ccc([C@H](C(=O)NC2CCCC2)N(C(=O)c2nsc(Cl)c2Cl)c2cccc(F)c2)cc1. The van der Waals surface area contributed by atoms with Crippen LogP contribution in [-0.4, -0.2) is 29.3 Å². The van der Waals surface area contributed by atoms with Gasteiger partial charge in [-0.25, -0.2) is 4.39 Å². The summed E-state index contributed by atoms with van der Waals surface area (Å²) >= 11 is 13.2. The highest BCUT2D eigenvalue weighted by Crippen LogP contribution is 2.36. The first-order valence-electron chi connectivity index (χ1n) is 10.7. The first-order chi connectivity index (χ1) is 16.4. The number of benzene rings is 2. The molecule has 0 spiro atoms. The van der Waals surface area contributed by atoms with Gasteiger partial charge in [0.05, 0.1) is 7.11 Å². The van der Waals surface area contributed by atoms with Gasteiger partial charge in [0.1, 0.15) is 27.0 Å². The molecule has 1 aliphatic rings. The number of hydrogen-bond acceptors (Lipinski definition) is 5. The van der Waals surface area contributed by atoms with Crippen LogP contribution in [0.4, 0.5) is 10.1 Å². The number of aromatic nitrogens is 1. The minimum Gasteiger partial charge on any atom is -0.497 e. The van der Waals surface area contributed by atoms with E-state index in [1.165, 1.54) is 30.2 Å². The highest BCUT2D eigenvalue weighted by Gasteiger charge is 2.37. The molecule has 1 atom stereocenters. The highest BCUT2D eigenvalue weighted by molar-refractivity contribution is 7.11. The lowest BCUT2D eigenvalue weighted by molar-refractivity contribution is -0.123. The van der Waals surface area contributed by atoms with Gasteiger partial charge in [0.15, 0.2) is 5.69 Å². The van der Waals surface area contributed by atoms with Crippen molar-refractivity contribution in [2.75, 3.05) is 12.0 Å². The number of nitrogens with one attached hydrogen (secondary N) is 1. The molecule has 4 rings (SSSR count). The van der Waals surface area contributed by atoms with Crippen molar-refractivity contribution in [1.29, 1.82) is 0 Å². The summed E-state index contributed by atoms with van der Waals surface area (Å²) in [5, 5.41) is 3.05. The normalized spacial score (nSPS) is 14.6. The third-order valence-corrected chi connectivity index (χ3v) is 7.36. The highest BCUT2D eigenvalue weighted by atomic mass is 35.5. The van der Waals surface area contributed by atoms with Crippen molar-refractivity contribution >= 4 is 52.2 Å². The van der Waals surface area contributed by atoms with Crippen LogP contribution in [0.25, 0.3) is 0 Å². The van der Waals surface area contributed by atoms with Crippen LogP contribution >= 0.6 is 34.7 Å². The van der Waals surface area contributed by atoms with Gasteiger partial charge in [0.25, 0.3) is 5.91 Å². The monoisotopic (exact) mass is 521 g/mol. The van der Waals surface area contributed by atoms with Crippen molar-refractivity contribution in [3.8, 4) is 5.75 Å². The average Bonchev–Trinajstić information content (AvgIpc) is 3.46. The molecule has 1 aromatic heterocycles. The van der Waals surface area contributed by atoms with Crippen molar-refractivity contribution in [1.82, 2.24) is 9.69 Å². The smallest absolute Gasteiger partial charge is 0.280 e. The van der Waals surface area contributed by atoms with Gasteiger partial charge >= 0.3 is 0 Å². The number of rotatable bonds is 7. The Morgan fingerprint density at radius 2 is 1.88 bits per heavy atom. The van der Waals surface area contributed by atoms with E-state index in [4.69, 9.17) is 27.9 Å². The van der Waals surface area contributed by atoms with Crippen LogP contribution in [0.2, 0.25) is 9.36 Å². The summed E-state index contributed by atoms with van der Waals surface area (Å²) in [7, 11) is 1.54. The van der Waals surface area contributed by atoms with E-state index in [2.05, 4.69) is 9.69 Å². The second kappa shape index (κ2) is 10.7. The third-order valence-electron chi connectivity index (χ3n) is 5.74. The molecular formula is C24H22Cl2FN3O3S. The lowest BCUT2D eigenvalue weighted by Gasteiger charge is -2.32. The minimum absolute atomic E-state index is 0.00927. The molecule has 0 radical (unpaired) electrons. The molecule has 1 fully saturated rings. The zero-order valence-electron chi connectivity index (χ0n) is 18.3. The van der Waals surface area contributed by atoms with Crippen molar-refractivity contribution in [3.63, 3.8) is 0 Å². The first kappa shape index (κ1) is 24.4. The van der Waals surface area contributed by atoms with Crippen LogP contribution in [0.5, 0.6) is 5.75 Å². The summed E-state index contributed by atoms with van der Waals surface area (Å²) < 4.78 is 23.7. The molecule has 2 amide bonds. The lowest BCUT2D eigenvalue weighted by Crippen LogP contribution is -2.46. The molecule has 0 bridgehead atoms. The van der Waals surface area contributed by atoms with Crippen molar-refractivity contribution < 1.29 is 18.7 Å². The second-order valence-corrected chi connectivity index (χ2v) is 9.69. The molecule has 1 aliphatic carbocycles. The molecule has 1 saturated carbocycles.